The molecule has 1 rings (SSSR count). The molecule has 0 aromatic carbocycles. The number of aromatic nitrogens is 1. The summed E-state index contributed by atoms with van der Waals surface area (Å²) in [5.41, 5.74) is 1.18. The Labute approximate surface area is 106 Å². The molecule has 1 aromatic rings. The summed E-state index contributed by atoms with van der Waals surface area (Å²) in [7, 11) is 0. The van der Waals surface area contributed by atoms with Gasteiger partial charge in [0.1, 0.15) is 0 Å². The smallest absolute Gasteiger partial charge is 0.0416 e. The van der Waals surface area contributed by atoms with Gasteiger partial charge in [0.2, 0.25) is 0 Å². The predicted molar refractivity (Wildman–Crippen MR) is 74.2 cm³/mol. The molecule has 2 heteroatoms. The summed E-state index contributed by atoms with van der Waals surface area (Å²) in [5, 5.41) is 3.48. The second-order valence-electron chi connectivity index (χ2n) is 4.59. The second kappa shape index (κ2) is 10.3. The third-order valence-corrected chi connectivity index (χ3v) is 2.99. The third kappa shape index (κ3) is 7.92. The highest BCUT2D eigenvalue weighted by molar-refractivity contribution is 5.03. The normalized spacial score (nSPS) is 10.6. The maximum absolute atomic E-state index is 4.31. The maximum Gasteiger partial charge on any atom is 0.0416 e. The largest absolute Gasteiger partial charge is 0.316 e. The average molecular weight is 234 g/mol. The van der Waals surface area contributed by atoms with Gasteiger partial charge >= 0.3 is 0 Å². The van der Waals surface area contributed by atoms with E-state index in [1.54, 1.807) is 0 Å². The number of hydrogen-bond acceptors (Lipinski definition) is 2. The van der Waals surface area contributed by atoms with Gasteiger partial charge < -0.3 is 5.32 Å². The zero-order valence-electron chi connectivity index (χ0n) is 11.1. The Morgan fingerprint density at radius 2 is 1.82 bits per heavy atom. The summed E-state index contributed by atoms with van der Waals surface area (Å²) in [5.74, 6) is 0. The highest BCUT2D eigenvalue weighted by Gasteiger charge is 1.93. The molecule has 0 fully saturated rings. The van der Waals surface area contributed by atoms with Crippen LogP contribution in [-0.4, -0.2) is 18.1 Å². The van der Waals surface area contributed by atoms with Gasteiger partial charge in [0.25, 0.3) is 0 Å². The molecule has 0 spiro atoms. The lowest BCUT2D eigenvalue weighted by Gasteiger charge is -2.04. The fourth-order valence-corrected chi connectivity index (χ4v) is 1.92. The van der Waals surface area contributed by atoms with Gasteiger partial charge in [0, 0.05) is 24.9 Å². The molecule has 0 amide bonds. The summed E-state index contributed by atoms with van der Waals surface area (Å²) < 4.78 is 0. The van der Waals surface area contributed by atoms with Gasteiger partial charge in [-0.05, 0) is 25.1 Å². The van der Waals surface area contributed by atoms with Crippen LogP contribution in [0.1, 0.15) is 51.1 Å². The van der Waals surface area contributed by atoms with Crippen molar-refractivity contribution < 1.29 is 0 Å². The first-order valence-corrected chi connectivity index (χ1v) is 7.04. The monoisotopic (exact) mass is 234 g/mol. The lowest BCUT2D eigenvalue weighted by atomic mass is 10.1. The molecule has 17 heavy (non-hydrogen) atoms. The van der Waals surface area contributed by atoms with Gasteiger partial charge in [-0.25, -0.2) is 0 Å². The van der Waals surface area contributed by atoms with E-state index in [4.69, 9.17) is 0 Å². The molecule has 96 valence electrons. The Morgan fingerprint density at radius 1 is 1.00 bits per heavy atom. The molecule has 2 nitrogen and oxygen atoms in total. The van der Waals surface area contributed by atoms with Crippen molar-refractivity contribution in [1.82, 2.24) is 10.3 Å². The number of nitrogens with zero attached hydrogens (tertiary/aromatic N) is 1. The number of nitrogens with one attached hydrogen (secondary N) is 1. The topological polar surface area (TPSA) is 24.9 Å². The summed E-state index contributed by atoms with van der Waals surface area (Å²) in [6.07, 6.45) is 11.1. The quantitative estimate of drug-likeness (QED) is 0.626. The molecular weight excluding hydrogens is 208 g/mol. The second-order valence-corrected chi connectivity index (χ2v) is 4.59. The van der Waals surface area contributed by atoms with E-state index < -0.39 is 0 Å². The Balaban J connectivity index is 1.85. The van der Waals surface area contributed by atoms with E-state index in [0.717, 1.165) is 19.5 Å². The van der Waals surface area contributed by atoms with Crippen LogP contribution in [-0.2, 0) is 6.42 Å². The summed E-state index contributed by atoms with van der Waals surface area (Å²) in [4.78, 5) is 4.31. The minimum Gasteiger partial charge on any atom is -0.316 e. The van der Waals surface area contributed by atoms with Crippen LogP contribution in [0.2, 0.25) is 0 Å². The number of hydrogen-bond donors (Lipinski definition) is 1. The van der Waals surface area contributed by atoms with Gasteiger partial charge in [0.05, 0.1) is 0 Å². The van der Waals surface area contributed by atoms with Crippen molar-refractivity contribution in [1.29, 1.82) is 0 Å². The van der Waals surface area contributed by atoms with Crippen LogP contribution < -0.4 is 5.32 Å². The first-order chi connectivity index (χ1) is 8.43. The average Bonchev–Trinajstić information content (AvgIpc) is 2.38. The van der Waals surface area contributed by atoms with E-state index in [2.05, 4.69) is 29.4 Å². The molecule has 0 aliphatic rings. The van der Waals surface area contributed by atoms with Crippen molar-refractivity contribution in [3.05, 3.63) is 30.1 Å². The van der Waals surface area contributed by atoms with E-state index in [1.807, 2.05) is 12.3 Å². The lowest BCUT2D eigenvalue weighted by Crippen LogP contribution is -2.18. The van der Waals surface area contributed by atoms with Crippen molar-refractivity contribution in [2.75, 3.05) is 13.1 Å². The Hall–Kier alpha value is -0.890. The van der Waals surface area contributed by atoms with Gasteiger partial charge in [-0.15, -0.1) is 0 Å². The Bertz CT molecular complexity index is 259. The standard InChI is InChI=1S/C15H26N2/c1-2-3-4-5-6-8-12-16-14-11-15-10-7-9-13-17-15/h7,9-10,13,16H,2-6,8,11-12,14H2,1H3. The highest BCUT2D eigenvalue weighted by Crippen LogP contribution is 2.04. The van der Waals surface area contributed by atoms with Crippen LogP contribution >= 0.6 is 0 Å². The van der Waals surface area contributed by atoms with E-state index in [0.29, 0.717) is 0 Å². The van der Waals surface area contributed by atoms with Crippen molar-refractivity contribution in [2.24, 2.45) is 0 Å². The molecule has 1 aromatic heterocycles. The molecule has 1 N–H and O–H groups in total. The molecular formula is C15H26N2. The fourth-order valence-electron chi connectivity index (χ4n) is 1.92. The van der Waals surface area contributed by atoms with Crippen LogP contribution in [0.15, 0.2) is 24.4 Å². The summed E-state index contributed by atoms with van der Waals surface area (Å²) in [6, 6.07) is 6.11. The molecule has 1 heterocycles. The molecule has 0 saturated heterocycles. The molecule has 0 atom stereocenters. The fraction of sp³-hybridized carbons (Fsp3) is 0.667. The van der Waals surface area contributed by atoms with E-state index in [9.17, 15) is 0 Å². The zero-order chi connectivity index (χ0) is 12.2. The Morgan fingerprint density at radius 3 is 2.59 bits per heavy atom. The van der Waals surface area contributed by atoms with Crippen LogP contribution in [0.4, 0.5) is 0 Å². The maximum atomic E-state index is 4.31. The minimum atomic E-state index is 1.04. The number of rotatable bonds is 10. The van der Waals surface area contributed by atoms with Crippen molar-refractivity contribution in [3.8, 4) is 0 Å². The molecule has 0 radical (unpaired) electrons. The molecule has 0 aliphatic heterocycles. The van der Waals surface area contributed by atoms with Crippen molar-refractivity contribution >= 4 is 0 Å². The first kappa shape index (κ1) is 14.2. The van der Waals surface area contributed by atoms with Crippen LogP contribution in [0.3, 0.4) is 0 Å². The van der Waals surface area contributed by atoms with Crippen molar-refractivity contribution in [3.63, 3.8) is 0 Å². The zero-order valence-corrected chi connectivity index (χ0v) is 11.1. The predicted octanol–water partition coefficient (Wildman–Crippen LogP) is 3.57. The third-order valence-electron chi connectivity index (χ3n) is 2.99. The summed E-state index contributed by atoms with van der Waals surface area (Å²) >= 11 is 0. The number of pyridine rings is 1. The van der Waals surface area contributed by atoms with Gasteiger partial charge in [-0.1, -0.05) is 45.1 Å². The van der Waals surface area contributed by atoms with Crippen LogP contribution in [0.5, 0.6) is 0 Å². The van der Waals surface area contributed by atoms with Gasteiger partial charge in [0.15, 0.2) is 0 Å². The van der Waals surface area contributed by atoms with E-state index in [-0.39, 0.29) is 0 Å². The van der Waals surface area contributed by atoms with Crippen LogP contribution in [0, 0.1) is 0 Å². The van der Waals surface area contributed by atoms with Crippen molar-refractivity contribution in [2.45, 2.75) is 51.9 Å². The first-order valence-electron chi connectivity index (χ1n) is 7.04. The molecule has 0 bridgehead atoms. The van der Waals surface area contributed by atoms with Crippen LogP contribution in [0.25, 0.3) is 0 Å². The Kier molecular flexibility index (Phi) is 8.57. The number of unbranched alkanes of at least 4 members (excludes halogenated alkanes) is 5. The molecule has 0 unspecified atom stereocenters. The minimum absolute atomic E-state index is 1.04. The lowest BCUT2D eigenvalue weighted by molar-refractivity contribution is 0.572. The SMILES string of the molecule is CCCCCCCCNCCc1ccccn1. The highest BCUT2D eigenvalue weighted by atomic mass is 14.8. The molecule has 0 aliphatic carbocycles. The van der Waals surface area contributed by atoms with E-state index in [1.165, 1.54) is 44.2 Å². The van der Waals surface area contributed by atoms with E-state index >= 15 is 0 Å². The van der Waals surface area contributed by atoms with Gasteiger partial charge in [-0.2, -0.15) is 0 Å². The van der Waals surface area contributed by atoms with Gasteiger partial charge in [-0.3, -0.25) is 4.98 Å². The molecule has 0 saturated carbocycles. The summed E-state index contributed by atoms with van der Waals surface area (Å²) in [6.45, 7) is 4.46.